The largest absolute Gasteiger partial charge is 0.493 e. The number of nitrogens with zero attached hydrogens (tertiary/aromatic N) is 5. The summed E-state index contributed by atoms with van der Waals surface area (Å²) in [6.45, 7) is 3.33. The molecule has 0 atom stereocenters. The van der Waals surface area contributed by atoms with Crippen LogP contribution in [0.5, 0.6) is 11.5 Å². The van der Waals surface area contributed by atoms with Crippen LogP contribution in [0.1, 0.15) is 22.3 Å². The van der Waals surface area contributed by atoms with Gasteiger partial charge in [0.25, 0.3) is 0 Å². The Bertz CT molecular complexity index is 1240. The summed E-state index contributed by atoms with van der Waals surface area (Å²) in [5.41, 5.74) is 5.79. The van der Waals surface area contributed by atoms with Crippen LogP contribution in [0, 0.1) is 0 Å². The molecule has 2 aromatic heterocycles. The summed E-state index contributed by atoms with van der Waals surface area (Å²) in [5.74, 6) is 2.06. The van der Waals surface area contributed by atoms with Crippen molar-refractivity contribution < 1.29 is 9.47 Å². The van der Waals surface area contributed by atoms with Gasteiger partial charge in [-0.05, 0) is 35.2 Å². The fraction of sp³-hybridized carbons (Fsp3) is 0.292. The van der Waals surface area contributed by atoms with Crippen molar-refractivity contribution in [1.29, 1.82) is 0 Å². The fourth-order valence-corrected chi connectivity index (χ4v) is 4.20. The molecule has 32 heavy (non-hydrogen) atoms. The molecule has 1 aliphatic heterocycles. The van der Waals surface area contributed by atoms with Gasteiger partial charge in [0.2, 0.25) is 5.95 Å². The minimum absolute atomic E-state index is 0.574. The highest BCUT2D eigenvalue weighted by Gasteiger charge is 2.18. The van der Waals surface area contributed by atoms with E-state index in [1.165, 1.54) is 11.1 Å². The normalized spacial score (nSPS) is 13.7. The van der Waals surface area contributed by atoms with Crippen molar-refractivity contribution in [2.75, 3.05) is 26.1 Å². The molecule has 3 heterocycles. The molecule has 0 fully saturated rings. The van der Waals surface area contributed by atoms with Crippen LogP contribution in [0.15, 0.2) is 55.0 Å². The Kier molecular flexibility index (Phi) is 5.60. The van der Waals surface area contributed by atoms with E-state index in [-0.39, 0.29) is 0 Å². The smallest absolute Gasteiger partial charge is 0.226 e. The Morgan fingerprint density at radius 2 is 1.84 bits per heavy atom. The number of anilines is 1. The van der Waals surface area contributed by atoms with Gasteiger partial charge in [0.1, 0.15) is 6.33 Å². The van der Waals surface area contributed by atoms with E-state index in [4.69, 9.17) is 9.47 Å². The molecular formula is C24H26N6O2. The first-order chi connectivity index (χ1) is 15.7. The van der Waals surface area contributed by atoms with Crippen LogP contribution in [0.4, 0.5) is 5.95 Å². The zero-order valence-corrected chi connectivity index (χ0v) is 18.3. The molecule has 0 saturated heterocycles. The third-order valence-corrected chi connectivity index (χ3v) is 5.88. The molecule has 8 nitrogen and oxygen atoms in total. The lowest BCUT2D eigenvalue weighted by Crippen LogP contribution is -2.30. The lowest BCUT2D eigenvalue weighted by atomic mass is 10.00. The highest BCUT2D eigenvalue weighted by Crippen LogP contribution is 2.28. The molecule has 0 amide bonds. The second-order valence-electron chi connectivity index (χ2n) is 7.87. The van der Waals surface area contributed by atoms with Gasteiger partial charge < -0.3 is 14.8 Å². The Labute approximate surface area is 186 Å². The summed E-state index contributed by atoms with van der Waals surface area (Å²) in [6, 6.07) is 14.5. The lowest BCUT2D eigenvalue weighted by Gasteiger charge is -2.28. The maximum Gasteiger partial charge on any atom is 0.226 e. The van der Waals surface area contributed by atoms with Gasteiger partial charge in [0, 0.05) is 37.9 Å². The Morgan fingerprint density at radius 3 is 2.69 bits per heavy atom. The summed E-state index contributed by atoms with van der Waals surface area (Å²) in [6.07, 6.45) is 4.55. The Morgan fingerprint density at radius 1 is 1.00 bits per heavy atom. The topological polar surface area (TPSA) is 76.8 Å². The molecule has 0 spiro atoms. The first-order valence-electron chi connectivity index (χ1n) is 10.7. The molecule has 0 unspecified atom stereocenters. The van der Waals surface area contributed by atoms with Crippen LogP contribution < -0.4 is 14.8 Å². The van der Waals surface area contributed by atoms with E-state index in [0.717, 1.165) is 42.8 Å². The summed E-state index contributed by atoms with van der Waals surface area (Å²) in [7, 11) is 3.26. The fourth-order valence-electron chi connectivity index (χ4n) is 4.20. The zero-order valence-electron chi connectivity index (χ0n) is 18.3. The van der Waals surface area contributed by atoms with Gasteiger partial charge in [-0.25, -0.2) is 9.97 Å². The van der Waals surface area contributed by atoms with E-state index < -0.39 is 0 Å². The number of hydrogen-bond acceptors (Lipinski definition) is 7. The van der Waals surface area contributed by atoms with Gasteiger partial charge in [0.15, 0.2) is 17.1 Å². The van der Waals surface area contributed by atoms with Gasteiger partial charge in [-0.15, -0.1) is 0 Å². The predicted octanol–water partition coefficient (Wildman–Crippen LogP) is 3.31. The average molecular weight is 431 g/mol. The predicted molar refractivity (Wildman–Crippen MR) is 122 cm³/mol. The van der Waals surface area contributed by atoms with Gasteiger partial charge in [-0.2, -0.15) is 9.61 Å². The van der Waals surface area contributed by atoms with Crippen molar-refractivity contribution in [2.24, 2.45) is 0 Å². The van der Waals surface area contributed by atoms with Crippen LogP contribution in [0.25, 0.3) is 5.65 Å². The van der Waals surface area contributed by atoms with Gasteiger partial charge in [0.05, 0.1) is 14.2 Å². The summed E-state index contributed by atoms with van der Waals surface area (Å²) >= 11 is 0. The first-order valence-corrected chi connectivity index (χ1v) is 10.7. The van der Waals surface area contributed by atoms with Gasteiger partial charge >= 0.3 is 0 Å². The van der Waals surface area contributed by atoms with Crippen LogP contribution in [0.2, 0.25) is 0 Å². The van der Waals surface area contributed by atoms with E-state index in [2.05, 4.69) is 49.5 Å². The van der Waals surface area contributed by atoms with Crippen molar-refractivity contribution in [3.8, 4) is 11.5 Å². The van der Waals surface area contributed by atoms with E-state index >= 15 is 0 Å². The molecule has 164 valence electrons. The molecule has 1 aliphatic rings. The van der Waals surface area contributed by atoms with Crippen LogP contribution in [-0.2, 0) is 26.1 Å². The van der Waals surface area contributed by atoms with E-state index in [1.807, 2.05) is 24.4 Å². The minimum atomic E-state index is 0.574. The van der Waals surface area contributed by atoms with Crippen LogP contribution in [0.3, 0.4) is 0 Å². The molecule has 4 aromatic rings. The first kappa shape index (κ1) is 20.3. The van der Waals surface area contributed by atoms with E-state index in [1.54, 1.807) is 25.1 Å². The molecule has 1 N–H and O–H groups in total. The van der Waals surface area contributed by atoms with Crippen molar-refractivity contribution in [3.05, 3.63) is 77.2 Å². The minimum Gasteiger partial charge on any atom is -0.493 e. The summed E-state index contributed by atoms with van der Waals surface area (Å²) < 4.78 is 12.5. The highest BCUT2D eigenvalue weighted by atomic mass is 16.5. The van der Waals surface area contributed by atoms with E-state index in [0.29, 0.717) is 24.0 Å². The second kappa shape index (κ2) is 8.84. The quantitative estimate of drug-likeness (QED) is 0.482. The zero-order chi connectivity index (χ0) is 21.9. The van der Waals surface area contributed by atoms with Crippen molar-refractivity contribution >= 4 is 11.6 Å². The number of ether oxygens (including phenoxy) is 2. The molecule has 8 heteroatoms. The molecule has 2 aromatic carbocycles. The third-order valence-electron chi connectivity index (χ3n) is 5.88. The molecule has 0 bridgehead atoms. The Balaban J connectivity index is 1.32. The standard InChI is InChI=1S/C24H26N6O2/c1-31-21-8-7-17(11-22(21)32-2)12-25-24-26-13-20(23-27-16-28-30(23)24)15-29-10-9-18-5-3-4-6-19(18)14-29/h3-8,11,13,16H,9-10,12,14-15H2,1-2H3,(H,25,26). The number of hydrogen-bond donors (Lipinski definition) is 1. The lowest BCUT2D eigenvalue weighted by molar-refractivity contribution is 0.246. The maximum atomic E-state index is 5.40. The highest BCUT2D eigenvalue weighted by molar-refractivity contribution is 5.51. The number of methoxy groups -OCH3 is 2. The molecular weight excluding hydrogens is 404 g/mol. The van der Waals surface area contributed by atoms with Crippen molar-refractivity contribution in [3.63, 3.8) is 0 Å². The monoisotopic (exact) mass is 430 g/mol. The van der Waals surface area contributed by atoms with Gasteiger partial charge in [-0.3, -0.25) is 4.90 Å². The molecule has 0 saturated carbocycles. The number of aromatic nitrogens is 4. The van der Waals surface area contributed by atoms with Gasteiger partial charge in [-0.1, -0.05) is 30.3 Å². The third kappa shape index (κ3) is 3.97. The number of benzene rings is 2. The van der Waals surface area contributed by atoms with Crippen molar-refractivity contribution in [2.45, 2.75) is 26.1 Å². The molecule has 5 rings (SSSR count). The van der Waals surface area contributed by atoms with Crippen LogP contribution >= 0.6 is 0 Å². The van der Waals surface area contributed by atoms with Crippen LogP contribution in [-0.4, -0.2) is 45.2 Å². The summed E-state index contributed by atoms with van der Waals surface area (Å²) in [5, 5.41) is 7.76. The summed E-state index contributed by atoms with van der Waals surface area (Å²) in [4.78, 5) is 11.6. The number of rotatable bonds is 7. The second-order valence-corrected chi connectivity index (χ2v) is 7.87. The number of nitrogens with one attached hydrogen (secondary N) is 1. The SMILES string of the molecule is COc1ccc(CNc2ncc(CN3CCc4ccccc4C3)c3ncnn23)cc1OC. The number of fused-ring (bicyclic) bond motifs is 2. The Hall–Kier alpha value is -3.65. The van der Waals surface area contributed by atoms with Crippen molar-refractivity contribution in [1.82, 2.24) is 24.5 Å². The van der Waals surface area contributed by atoms with E-state index in [9.17, 15) is 0 Å². The molecule has 0 radical (unpaired) electrons. The molecule has 0 aliphatic carbocycles. The maximum absolute atomic E-state index is 5.40. The average Bonchev–Trinajstić information content (AvgIpc) is 3.34.